The van der Waals surface area contributed by atoms with Gasteiger partial charge in [-0.15, -0.1) is 0 Å². The number of anilines is 1. The van der Waals surface area contributed by atoms with Gasteiger partial charge < -0.3 is 10.6 Å². The number of fused-ring (bicyclic) bond motifs is 1. The van der Waals surface area contributed by atoms with E-state index in [9.17, 15) is 4.79 Å². The molecule has 2 N–H and O–H groups in total. The van der Waals surface area contributed by atoms with Crippen LogP contribution < -0.4 is 10.6 Å². The maximum atomic E-state index is 12.1. The Bertz CT molecular complexity index is 486. The molecule has 2 rings (SSSR count). The fraction of sp³-hybridized carbons (Fsp3) is 0.562. The van der Waals surface area contributed by atoms with Crippen molar-refractivity contribution >= 4 is 11.6 Å². The van der Waals surface area contributed by atoms with E-state index in [4.69, 9.17) is 5.73 Å². The van der Waals surface area contributed by atoms with Crippen molar-refractivity contribution in [2.24, 2.45) is 5.73 Å². The topological polar surface area (TPSA) is 46.3 Å². The lowest BCUT2D eigenvalue weighted by molar-refractivity contribution is -0.118. The van der Waals surface area contributed by atoms with Crippen molar-refractivity contribution in [3.8, 4) is 0 Å². The number of nitrogens with zero attached hydrogens (tertiary/aromatic N) is 1. The van der Waals surface area contributed by atoms with Gasteiger partial charge >= 0.3 is 0 Å². The summed E-state index contributed by atoms with van der Waals surface area (Å²) in [5.74, 6) is 0.136. The molecule has 1 amide bonds. The molecule has 1 heterocycles. The molecule has 0 aliphatic carbocycles. The third-order valence-electron chi connectivity index (χ3n) is 3.64. The minimum absolute atomic E-state index is 0.0783. The number of benzene rings is 1. The van der Waals surface area contributed by atoms with E-state index in [0.29, 0.717) is 6.42 Å². The van der Waals surface area contributed by atoms with Crippen molar-refractivity contribution in [2.75, 3.05) is 11.4 Å². The summed E-state index contributed by atoms with van der Waals surface area (Å²) < 4.78 is 0. The van der Waals surface area contributed by atoms with Crippen LogP contribution in [0.5, 0.6) is 0 Å². The summed E-state index contributed by atoms with van der Waals surface area (Å²) in [7, 11) is 0. The molecule has 1 aromatic carbocycles. The zero-order valence-corrected chi connectivity index (χ0v) is 12.4. The van der Waals surface area contributed by atoms with Gasteiger partial charge in [-0.25, -0.2) is 0 Å². The van der Waals surface area contributed by atoms with Gasteiger partial charge in [0.1, 0.15) is 0 Å². The maximum Gasteiger partial charge on any atom is 0.228 e. The van der Waals surface area contributed by atoms with E-state index in [1.54, 1.807) is 0 Å². The Morgan fingerprint density at radius 1 is 1.42 bits per heavy atom. The molecule has 0 aromatic heterocycles. The van der Waals surface area contributed by atoms with E-state index in [1.165, 1.54) is 11.1 Å². The summed E-state index contributed by atoms with van der Waals surface area (Å²) in [6.07, 6.45) is 1.37. The monoisotopic (exact) mass is 260 g/mol. The summed E-state index contributed by atoms with van der Waals surface area (Å²) in [6, 6.07) is 6.39. The van der Waals surface area contributed by atoms with Crippen LogP contribution in [0.25, 0.3) is 0 Å². The highest BCUT2D eigenvalue weighted by atomic mass is 16.2. The molecule has 0 saturated heterocycles. The summed E-state index contributed by atoms with van der Waals surface area (Å²) in [4.78, 5) is 14.0. The van der Waals surface area contributed by atoms with E-state index < -0.39 is 0 Å². The third kappa shape index (κ3) is 2.98. The summed E-state index contributed by atoms with van der Waals surface area (Å²) in [5, 5.41) is 0. The van der Waals surface area contributed by atoms with Crippen molar-refractivity contribution in [1.82, 2.24) is 0 Å². The molecule has 1 atom stereocenters. The zero-order chi connectivity index (χ0) is 14.2. The van der Waals surface area contributed by atoms with Crippen molar-refractivity contribution in [3.63, 3.8) is 0 Å². The molecular formula is C16H24N2O. The molecule has 104 valence electrons. The highest BCUT2D eigenvalue weighted by Gasteiger charge is 2.26. The van der Waals surface area contributed by atoms with Gasteiger partial charge in [0.05, 0.1) is 0 Å². The van der Waals surface area contributed by atoms with Crippen molar-refractivity contribution in [2.45, 2.75) is 52.0 Å². The van der Waals surface area contributed by atoms with Crippen LogP contribution >= 0.6 is 0 Å². The Morgan fingerprint density at radius 2 is 2.11 bits per heavy atom. The van der Waals surface area contributed by atoms with Crippen LogP contribution in [-0.2, 0) is 16.6 Å². The van der Waals surface area contributed by atoms with E-state index >= 15 is 0 Å². The largest absolute Gasteiger partial charge is 0.327 e. The molecular weight excluding hydrogens is 236 g/mol. The second-order valence-electron chi connectivity index (χ2n) is 6.57. The fourth-order valence-electron chi connectivity index (χ4n) is 2.51. The Labute approximate surface area is 115 Å². The standard InChI is InChI=1S/C16H24N2O/c1-11(17)9-15(19)18-8-7-12-10-13(16(2,3)4)5-6-14(12)18/h5-6,10-11H,7-9,17H2,1-4H3. The van der Waals surface area contributed by atoms with Crippen LogP contribution in [0.15, 0.2) is 18.2 Å². The van der Waals surface area contributed by atoms with Crippen molar-refractivity contribution in [3.05, 3.63) is 29.3 Å². The molecule has 1 unspecified atom stereocenters. The fourth-order valence-corrected chi connectivity index (χ4v) is 2.51. The van der Waals surface area contributed by atoms with Gasteiger partial charge in [0, 0.05) is 24.7 Å². The number of hydrogen-bond acceptors (Lipinski definition) is 2. The van der Waals surface area contributed by atoms with E-state index in [2.05, 4.69) is 39.0 Å². The minimum atomic E-state index is -0.0783. The van der Waals surface area contributed by atoms with Crippen LogP contribution in [0.4, 0.5) is 5.69 Å². The Kier molecular flexibility index (Phi) is 3.68. The Balaban J connectivity index is 2.25. The Morgan fingerprint density at radius 3 is 2.68 bits per heavy atom. The number of nitrogens with two attached hydrogens (primary N) is 1. The third-order valence-corrected chi connectivity index (χ3v) is 3.64. The van der Waals surface area contributed by atoms with Crippen LogP contribution in [0.3, 0.4) is 0 Å². The molecule has 0 radical (unpaired) electrons. The predicted octanol–water partition coefficient (Wildman–Crippen LogP) is 2.61. The number of hydrogen-bond donors (Lipinski definition) is 1. The number of carbonyl (C=O) groups excluding carboxylic acids is 1. The first-order valence-electron chi connectivity index (χ1n) is 6.98. The molecule has 19 heavy (non-hydrogen) atoms. The Hall–Kier alpha value is -1.35. The van der Waals surface area contributed by atoms with Gasteiger partial charge in [-0.3, -0.25) is 4.79 Å². The van der Waals surface area contributed by atoms with Crippen LogP contribution in [0, 0.1) is 0 Å². The zero-order valence-electron chi connectivity index (χ0n) is 12.4. The van der Waals surface area contributed by atoms with Crippen LogP contribution in [-0.4, -0.2) is 18.5 Å². The average molecular weight is 260 g/mol. The average Bonchev–Trinajstić information content (AvgIpc) is 2.69. The normalized spacial score (nSPS) is 16.4. The van der Waals surface area contributed by atoms with E-state index in [1.807, 2.05) is 11.8 Å². The van der Waals surface area contributed by atoms with E-state index in [-0.39, 0.29) is 17.4 Å². The molecule has 3 heteroatoms. The second-order valence-corrected chi connectivity index (χ2v) is 6.57. The highest BCUT2D eigenvalue weighted by molar-refractivity contribution is 5.95. The van der Waals surface area contributed by atoms with Gasteiger partial charge in [-0.2, -0.15) is 0 Å². The molecule has 1 aliphatic heterocycles. The first-order valence-corrected chi connectivity index (χ1v) is 6.98. The molecule has 0 spiro atoms. The smallest absolute Gasteiger partial charge is 0.228 e. The van der Waals surface area contributed by atoms with Gasteiger partial charge in [-0.1, -0.05) is 32.9 Å². The molecule has 0 saturated carbocycles. The SMILES string of the molecule is CC(N)CC(=O)N1CCc2cc(C(C)(C)C)ccc21. The minimum Gasteiger partial charge on any atom is -0.327 e. The van der Waals surface area contributed by atoms with E-state index in [0.717, 1.165) is 18.7 Å². The van der Waals surface area contributed by atoms with Crippen molar-refractivity contribution < 1.29 is 4.79 Å². The number of rotatable bonds is 2. The number of amides is 1. The van der Waals surface area contributed by atoms with Crippen LogP contribution in [0.1, 0.15) is 45.2 Å². The van der Waals surface area contributed by atoms with Gasteiger partial charge in [0.15, 0.2) is 0 Å². The van der Waals surface area contributed by atoms with Crippen LogP contribution in [0.2, 0.25) is 0 Å². The summed E-state index contributed by atoms with van der Waals surface area (Å²) >= 11 is 0. The lowest BCUT2D eigenvalue weighted by atomic mass is 9.86. The first kappa shape index (κ1) is 14.1. The summed E-state index contributed by atoms with van der Waals surface area (Å²) in [5.41, 5.74) is 9.54. The molecule has 3 nitrogen and oxygen atoms in total. The second kappa shape index (κ2) is 4.97. The van der Waals surface area contributed by atoms with Gasteiger partial charge in [-0.05, 0) is 36.0 Å². The highest BCUT2D eigenvalue weighted by Crippen LogP contribution is 2.33. The lowest BCUT2D eigenvalue weighted by Crippen LogP contribution is -2.33. The quantitative estimate of drug-likeness (QED) is 0.888. The molecule has 0 bridgehead atoms. The van der Waals surface area contributed by atoms with Gasteiger partial charge in [0.2, 0.25) is 5.91 Å². The number of carbonyl (C=O) groups is 1. The molecule has 0 fully saturated rings. The molecule has 1 aliphatic rings. The maximum absolute atomic E-state index is 12.1. The lowest BCUT2D eigenvalue weighted by Gasteiger charge is -2.22. The predicted molar refractivity (Wildman–Crippen MR) is 79.5 cm³/mol. The van der Waals surface area contributed by atoms with Gasteiger partial charge in [0.25, 0.3) is 0 Å². The molecule has 1 aromatic rings. The van der Waals surface area contributed by atoms with Crippen molar-refractivity contribution in [1.29, 1.82) is 0 Å². The summed E-state index contributed by atoms with van der Waals surface area (Å²) in [6.45, 7) is 9.29. The first-order chi connectivity index (χ1) is 8.79.